The molecule has 0 radical (unpaired) electrons. The van der Waals surface area contributed by atoms with Gasteiger partial charge in [-0.2, -0.15) is 0 Å². The van der Waals surface area contributed by atoms with Crippen molar-refractivity contribution in [3.63, 3.8) is 0 Å². The van der Waals surface area contributed by atoms with Gasteiger partial charge in [0.15, 0.2) is 0 Å². The second kappa shape index (κ2) is 16.5. The van der Waals surface area contributed by atoms with Gasteiger partial charge < -0.3 is 30.0 Å². The number of carboxylic acid groups (broad SMARTS) is 1. The van der Waals surface area contributed by atoms with E-state index in [0.717, 1.165) is 0 Å². The topological polar surface area (TPSA) is 227 Å². The highest BCUT2D eigenvalue weighted by atomic mass is 16.6. The molecule has 16 heteroatoms. The molecule has 2 rings (SSSR count). The summed E-state index contributed by atoms with van der Waals surface area (Å²) in [5.74, 6) is -1.85. The van der Waals surface area contributed by atoms with Crippen molar-refractivity contribution in [3.05, 3.63) is 79.9 Å². The standard InChI is InChI=1S/C15H20N2O6.C14H18N2O6/c1-15(2,3)23-14(19)16-12(13(18)22-4)9-10-5-7-11(8-6-10)17(20)21;1-14(2,3)22-13(19)15-11(12(17)18)8-9-4-6-10(7-5-9)16(20)21/h5-8,12H,9H2,1-4H3,(H,16,19);4-7,11H,8H2,1-3H3,(H,15,19)(H,17,18). The monoisotopic (exact) mass is 634 g/mol. The van der Waals surface area contributed by atoms with Crippen LogP contribution in [0.4, 0.5) is 21.0 Å². The third-order valence-corrected chi connectivity index (χ3v) is 5.34. The van der Waals surface area contributed by atoms with Crippen LogP contribution in [0.3, 0.4) is 0 Å². The van der Waals surface area contributed by atoms with Crippen LogP contribution in [-0.2, 0) is 36.6 Å². The lowest BCUT2D eigenvalue weighted by atomic mass is 10.1. The summed E-state index contributed by atoms with van der Waals surface area (Å²) in [5, 5.41) is 35.0. The molecule has 0 fully saturated rings. The Morgan fingerprint density at radius 3 is 1.33 bits per heavy atom. The van der Waals surface area contributed by atoms with Gasteiger partial charge in [-0.1, -0.05) is 24.3 Å². The van der Waals surface area contributed by atoms with Gasteiger partial charge in [-0.3, -0.25) is 20.2 Å². The zero-order chi connectivity index (χ0) is 34.5. The number of carbonyl (C=O) groups excluding carboxylic acids is 3. The number of rotatable bonds is 10. The van der Waals surface area contributed by atoms with Crippen molar-refractivity contribution in [2.24, 2.45) is 0 Å². The van der Waals surface area contributed by atoms with E-state index in [0.29, 0.717) is 11.1 Å². The van der Waals surface area contributed by atoms with Crippen molar-refractivity contribution >= 4 is 35.5 Å². The lowest BCUT2D eigenvalue weighted by Gasteiger charge is -2.22. The molecule has 0 spiro atoms. The maximum atomic E-state index is 11.8. The zero-order valence-corrected chi connectivity index (χ0v) is 26.0. The number of benzene rings is 2. The second-order valence-electron chi connectivity index (χ2n) is 11.5. The molecule has 0 saturated carbocycles. The van der Waals surface area contributed by atoms with Gasteiger partial charge in [0.05, 0.1) is 17.0 Å². The molecule has 2 atom stereocenters. The fourth-order valence-corrected chi connectivity index (χ4v) is 3.41. The van der Waals surface area contributed by atoms with Gasteiger partial charge >= 0.3 is 24.1 Å². The highest BCUT2D eigenvalue weighted by Gasteiger charge is 2.26. The lowest BCUT2D eigenvalue weighted by molar-refractivity contribution is -0.385. The van der Waals surface area contributed by atoms with Gasteiger partial charge in [0.2, 0.25) is 0 Å². The van der Waals surface area contributed by atoms with E-state index in [9.17, 15) is 39.4 Å². The molecular formula is C29H38N4O12. The van der Waals surface area contributed by atoms with Crippen LogP contribution in [-0.4, -0.2) is 69.5 Å². The summed E-state index contributed by atoms with van der Waals surface area (Å²) in [6.07, 6.45) is -1.45. The number of non-ortho nitro benzene ring substituents is 2. The molecule has 2 aromatic rings. The molecule has 16 nitrogen and oxygen atoms in total. The Kier molecular flexibility index (Phi) is 13.9. The number of hydrogen-bond donors (Lipinski definition) is 3. The number of carbonyl (C=O) groups is 4. The number of hydrogen-bond acceptors (Lipinski definition) is 11. The van der Waals surface area contributed by atoms with Crippen molar-refractivity contribution in [3.8, 4) is 0 Å². The van der Waals surface area contributed by atoms with Crippen LogP contribution in [0.25, 0.3) is 0 Å². The number of nitro benzene ring substituents is 2. The minimum atomic E-state index is -1.22. The SMILES string of the molecule is CC(C)(C)OC(=O)NC(Cc1ccc([N+](=O)[O-])cc1)C(=O)O.COC(=O)C(Cc1ccc([N+](=O)[O-])cc1)NC(=O)OC(C)(C)C. The van der Waals surface area contributed by atoms with Crippen LogP contribution in [0.2, 0.25) is 0 Å². The summed E-state index contributed by atoms with van der Waals surface area (Å²) in [6, 6.07) is 9.02. The van der Waals surface area contributed by atoms with Crippen LogP contribution in [0.5, 0.6) is 0 Å². The molecule has 2 aromatic carbocycles. The first-order valence-electron chi connectivity index (χ1n) is 13.5. The molecule has 0 aromatic heterocycles. The van der Waals surface area contributed by atoms with E-state index in [-0.39, 0.29) is 24.2 Å². The third-order valence-electron chi connectivity index (χ3n) is 5.34. The summed E-state index contributed by atoms with van der Waals surface area (Å²) in [7, 11) is 1.21. The lowest BCUT2D eigenvalue weighted by Crippen LogP contribution is -2.45. The van der Waals surface area contributed by atoms with Crippen LogP contribution in [0, 0.1) is 20.2 Å². The molecule has 0 aliphatic rings. The zero-order valence-electron chi connectivity index (χ0n) is 26.0. The van der Waals surface area contributed by atoms with E-state index in [1.54, 1.807) is 41.5 Å². The molecule has 2 unspecified atom stereocenters. The van der Waals surface area contributed by atoms with E-state index >= 15 is 0 Å². The number of aliphatic carboxylic acids is 1. The number of nitrogens with one attached hydrogen (secondary N) is 2. The first-order chi connectivity index (χ1) is 20.7. The number of amides is 2. The van der Waals surface area contributed by atoms with E-state index in [4.69, 9.17) is 14.6 Å². The molecule has 3 N–H and O–H groups in total. The minimum Gasteiger partial charge on any atom is -0.480 e. The first kappa shape index (κ1) is 37.7. The summed E-state index contributed by atoms with van der Waals surface area (Å²) in [6.45, 7) is 10.1. The fourth-order valence-electron chi connectivity index (χ4n) is 3.41. The second-order valence-corrected chi connectivity index (χ2v) is 11.5. The van der Waals surface area contributed by atoms with E-state index in [2.05, 4.69) is 15.4 Å². The number of alkyl carbamates (subject to hydrolysis) is 2. The summed E-state index contributed by atoms with van der Waals surface area (Å²) in [4.78, 5) is 66.5. The molecule has 0 aliphatic carbocycles. The number of ether oxygens (including phenoxy) is 3. The van der Waals surface area contributed by atoms with Crippen LogP contribution in [0.15, 0.2) is 48.5 Å². The van der Waals surface area contributed by atoms with Gasteiger partial charge in [-0.05, 0) is 52.7 Å². The number of nitrogens with zero attached hydrogens (tertiary/aromatic N) is 2. The van der Waals surface area contributed by atoms with E-state index < -0.39 is 57.3 Å². The van der Waals surface area contributed by atoms with Crippen LogP contribution < -0.4 is 10.6 Å². The molecule has 0 bridgehead atoms. The fraction of sp³-hybridized carbons (Fsp3) is 0.448. The Balaban J connectivity index is 0.000000450. The van der Waals surface area contributed by atoms with Crippen molar-refractivity contribution in [1.82, 2.24) is 10.6 Å². The molecule has 0 heterocycles. The van der Waals surface area contributed by atoms with Crippen molar-refractivity contribution < 1.29 is 48.3 Å². The highest BCUT2D eigenvalue weighted by Crippen LogP contribution is 2.15. The van der Waals surface area contributed by atoms with Crippen molar-refractivity contribution in [2.45, 2.75) is 77.7 Å². The van der Waals surface area contributed by atoms with Gasteiger partial charge in [-0.15, -0.1) is 0 Å². The van der Waals surface area contributed by atoms with E-state index in [1.165, 1.54) is 55.6 Å². The smallest absolute Gasteiger partial charge is 0.408 e. The van der Waals surface area contributed by atoms with Crippen molar-refractivity contribution in [1.29, 1.82) is 0 Å². The Morgan fingerprint density at radius 1 is 0.711 bits per heavy atom. The summed E-state index contributed by atoms with van der Waals surface area (Å²) in [5.41, 5.74) is -0.381. The molecule has 246 valence electrons. The Morgan fingerprint density at radius 2 is 1.04 bits per heavy atom. The molecular weight excluding hydrogens is 596 g/mol. The normalized spacial score (nSPS) is 12.2. The van der Waals surface area contributed by atoms with Gasteiger partial charge in [0, 0.05) is 37.1 Å². The summed E-state index contributed by atoms with van der Waals surface area (Å²) < 4.78 is 14.8. The largest absolute Gasteiger partial charge is 0.480 e. The quantitative estimate of drug-likeness (QED) is 0.144. The third kappa shape index (κ3) is 15.1. The predicted molar refractivity (Wildman–Crippen MR) is 160 cm³/mol. The summed E-state index contributed by atoms with van der Waals surface area (Å²) >= 11 is 0. The molecule has 0 saturated heterocycles. The Labute approximate surface area is 259 Å². The average molecular weight is 635 g/mol. The number of carboxylic acids is 1. The molecule has 2 amide bonds. The molecule has 45 heavy (non-hydrogen) atoms. The maximum absolute atomic E-state index is 11.8. The predicted octanol–water partition coefficient (Wildman–Crippen LogP) is 4.32. The van der Waals surface area contributed by atoms with Crippen LogP contribution >= 0.6 is 0 Å². The Hall–Kier alpha value is -5.28. The minimum absolute atomic E-state index is 0.00737. The average Bonchev–Trinajstić information content (AvgIpc) is 2.90. The van der Waals surface area contributed by atoms with Crippen LogP contribution in [0.1, 0.15) is 52.7 Å². The van der Waals surface area contributed by atoms with Crippen molar-refractivity contribution in [2.75, 3.05) is 7.11 Å². The number of methoxy groups -OCH3 is 1. The first-order valence-corrected chi connectivity index (χ1v) is 13.5. The van der Waals surface area contributed by atoms with Gasteiger partial charge in [0.1, 0.15) is 23.3 Å². The molecule has 0 aliphatic heterocycles. The van der Waals surface area contributed by atoms with E-state index in [1.807, 2.05) is 0 Å². The number of nitro groups is 2. The maximum Gasteiger partial charge on any atom is 0.408 e. The highest BCUT2D eigenvalue weighted by molar-refractivity contribution is 5.82. The number of esters is 1. The van der Waals surface area contributed by atoms with Gasteiger partial charge in [-0.25, -0.2) is 19.2 Å². The van der Waals surface area contributed by atoms with Gasteiger partial charge in [0.25, 0.3) is 11.4 Å². The Bertz CT molecular complexity index is 1350.